The maximum Gasteiger partial charge on any atom is 0.152 e. The molecule has 9 heteroatoms. The van der Waals surface area contributed by atoms with Gasteiger partial charge in [-0.25, -0.2) is 11.4 Å². The van der Waals surface area contributed by atoms with Gasteiger partial charge in [0.2, 0.25) is 0 Å². The summed E-state index contributed by atoms with van der Waals surface area (Å²) in [7, 11) is 1.67. The number of methoxy groups -OCH3 is 1. The molecule has 0 spiro atoms. The zero-order chi connectivity index (χ0) is 20.7. The highest BCUT2D eigenvalue weighted by atomic mass is 16.5. The highest BCUT2D eigenvalue weighted by Crippen LogP contribution is 2.31. The molecule has 2 heterocycles. The maximum absolute atomic E-state index is 5.94. The summed E-state index contributed by atoms with van der Waals surface area (Å²) in [5.41, 5.74) is 13.3. The molecule has 1 aliphatic heterocycles. The molecular weight excluding hydrogens is 356 g/mol. The van der Waals surface area contributed by atoms with Crippen LogP contribution in [0.4, 0.5) is 11.4 Å². The number of hydrogen-bond acceptors (Lipinski definition) is 7. The molecule has 0 saturated carbocycles. The third-order valence-electron chi connectivity index (χ3n) is 4.69. The lowest BCUT2D eigenvalue weighted by molar-refractivity contribution is 0.413. The fraction of sp³-hybridized carbons (Fsp3) is 0.474. The van der Waals surface area contributed by atoms with E-state index in [0.717, 1.165) is 54.6 Å². The van der Waals surface area contributed by atoms with Crippen LogP contribution in [0.5, 0.6) is 5.75 Å². The summed E-state index contributed by atoms with van der Waals surface area (Å²) in [6.45, 7) is 11.6. The van der Waals surface area contributed by atoms with Gasteiger partial charge in [-0.1, -0.05) is 13.8 Å². The van der Waals surface area contributed by atoms with E-state index in [-0.39, 0.29) is 0 Å². The molecule has 28 heavy (non-hydrogen) atoms. The number of hydrazine groups is 1. The average molecular weight is 389 g/mol. The van der Waals surface area contributed by atoms with Crippen molar-refractivity contribution >= 4 is 17.2 Å². The molecule has 1 aromatic carbocycles. The SMILES string of the molecule is CC.COc1ccc(/C(N)=N/NN)cc1N1CCN(c2c(C)n[nH]c2C)CC1. The monoisotopic (exact) mass is 388 g/mol. The van der Waals surface area contributed by atoms with E-state index in [0.29, 0.717) is 5.84 Å². The molecule has 1 fully saturated rings. The second-order valence-corrected chi connectivity index (χ2v) is 6.27. The number of aromatic nitrogens is 2. The predicted octanol–water partition coefficient (Wildman–Crippen LogP) is 1.47. The summed E-state index contributed by atoms with van der Waals surface area (Å²) in [5.74, 6) is 6.37. The first-order chi connectivity index (χ1) is 13.5. The highest BCUT2D eigenvalue weighted by molar-refractivity contribution is 5.98. The Bertz CT molecular complexity index is 774. The number of nitrogens with zero attached hydrogens (tertiary/aromatic N) is 4. The summed E-state index contributed by atoms with van der Waals surface area (Å²) in [6, 6.07) is 5.76. The van der Waals surface area contributed by atoms with Crippen molar-refractivity contribution < 1.29 is 4.74 Å². The van der Waals surface area contributed by atoms with Crippen LogP contribution >= 0.6 is 0 Å². The molecule has 9 nitrogen and oxygen atoms in total. The Morgan fingerprint density at radius 1 is 1.18 bits per heavy atom. The van der Waals surface area contributed by atoms with Crippen molar-refractivity contribution in [2.75, 3.05) is 43.1 Å². The average Bonchev–Trinajstić information content (AvgIpc) is 3.07. The van der Waals surface area contributed by atoms with E-state index in [9.17, 15) is 0 Å². The first kappa shape index (κ1) is 21.4. The quantitative estimate of drug-likeness (QED) is 0.265. The molecule has 0 amide bonds. The molecule has 3 rings (SSSR count). The Morgan fingerprint density at radius 3 is 2.36 bits per heavy atom. The normalized spacial score (nSPS) is 14.4. The molecule has 6 N–H and O–H groups in total. The van der Waals surface area contributed by atoms with E-state index in [1.807, 2.05) is 39.0 Å². The predicted molar refractivity (Wildman–Crippen MR) is 115 cm³/mol. The third-order valence-corrected chi connectivity index (χ3v) is 4.69. The van der Waals surface area contributed by atoms with Gasteiger partial charge < -0.3 is 20.3 Å². The Hall–Kier alpha value is -2.94. The zero-order valence-corrected chi connectivity index (χ0v) is 17.4. The first-order valence-corrected chi connectivity index (χ1v) is 9.53. The maximum atomic E-state index is 5.94. The number of nitrogens with one attached hydrogen (secondary N) is 2. The minimum atomic E-state index is 0.333. The van der Waals surface area contributed by atoms with Gasteiger partial charge in [-0.3, -0.25) is 5.10 Å². The van der Waals surface area contributed by atoms with Gasteiger partial charge in [0.25, 0.3) is 0 Å². The topological polar surface area (TPSA) is 121 Å². The minimum Gasteiger partial charge on any atom is -0.495 e. The van der Waals surface area contributed by atoms with Crippen LogP contribution < -0.4 is 31.6 Å². The minimum absolute atomic E-state index is 0.333. The Kier molecular flexibility index (Phi) is 7.51. The van der Waals surface area contributed by atoms with Gasteiger partial charge in [-0.2, -0.15) is 5.10 Å². The van der Waals surface area contributed by atoms with Crippen molar-refractivity contribution in [1.29, 1.82) is 0 Å². The Morgan fingerprint density at radius 2 is 1.82 bits per heavy atom. The molecular formula is C19H32N8O. The van der Waals surface area contributed by atoms with Crippen LogP contribution in [0, 0.1) is 13.8 Å². The second kappa shape index (κ2) is 9.84. The van der Waals surface area contributed by atoms with E-state index in [4.69, 9.17) is 16.3 Å². The van der Waals surface area contributed by atoms with E-state index >= 15 is 0 Å². The van der Waals surface area contributed by atoms with Gasteiger partial charge in [0.15, 0.2) is 5.84 Å². The van der Waals surface area contributed by atoms with Crippen LogP contribution in [0.2, 0.25) is 0 Å². The fourth-order valence-electron chi connectivity index (χ4n) is 3.41. The molecule has 0 radical (unpaired) electrons. The van der Waals surface area contributed by atoms with Crippen molar-refractivity contribution in [2.45, 2.75) is 27.7 Å². The largest absolute Gasteiger partial charge is 0.495 e. The van der Waals surface area contributed by atoms with Crippen molar-refractivity contribution in [3.8, 4) is 5.75 Å². The summed E-state index contributed by atoms with van der Waals surface area (Å²) in [5, 5.41) is 11.2. The molecule has 0 atom stereocenters. The van der Waals surface area contributed by atoms with Crippen LogP contribution in [0.1, 0.15) is 30.8 Å². The van der Waals surface area contributed by atoms with Crippen LogP contribution in [0.25, 0.3) is 0 Å². The molecule has 1 aromatic heterocycles. The number of aromatic amines is 1. The molecule has 154 valence electrons. The number of ether oxygens (including phenoxy) is 1. The number of H-pyrrole nitrogens is 1. The van der Waals surface area contributed by atoms with Crippen LogP contribution in [0.3, 0.4) is 0 Å². The van der Waals surface area contributed by atoms with Crippen molar-refractivity contribution in [3.63, 3.8) is 0 Å². The molecule has 1 aliphatic rings. The van der Waals surface area contributed by atoms with Crippen molar-refractivity contribution in [1.82, 2.24) is 15.7 Å². The lowest BCUT2D eigenvalue weighted by atomic mass is 10.1. The number of hydrazone groups is 1. The van der Waals surface area contributed by atoms with Crippen molar-refractivity contribution in [3.05, 3.63) is 35.2 Å². The first-order valence-electron chi connectivity index (χ1n) is 9.53. The van der Waals surface area contributed by atoms with Crippen LogP contribution in [-0.2, 0) is 0 Å². The van der Waals surface area contributed by atoms with Crippen LogP contribution in [-0.4, -0.2) is 49.3 Å². The molecule has 0 bridgehead atoms. The molecule has 2 aromatic rings. The van der Waals surface area contributed by atoms with Gasteiger partial charge in [0, 0.05) is 31.7 Å². The molecule has 0 unspecified atom stereocenters. The summed E-state index contributed by atoms with van der Waals surface area (Å²) >= 11 is 0. The molecule has 0 aliphatic carbocycles. The van der Waals surface area contributed by atoms with Crippen molar-refractivity contribution in [2.24, 2.45) is 16.7 Å². The number of aryl methyl sites for hydroxylation is 2. The summed E-state index contributed by atoms with van der Waals surface area (Å²) in [6.07, 6.45) is 0. The summed E-state index contributed by atoms with van der Waals surface area (Å²) < 4.78 is 5.54. The van der Waals surface area contributed by atoms with E-state index in [1.165, 1.54) is 5.69 Å². The number of amidine groups is 1. The van der Waals surface area contributed by atoms with E-state index < -0.39 is 0 Å². The Labute approximate surface area is 166 Å². The molecule has 1 saturated heterocycles. The summed E-state index contributed by atoms with van der Waals surface area (Å²) in [4.78, 5) is 4.67. The number of rotatable bonds is 5. The number of hydrogen-bond donors (Lipinski definition) is 4. The zero-order valence-electron chi connectivity index (χ0n) is 17.4. The smallest absolute Gasteiger partial charge is 0.152 e. The van der Waals surface area contributed by atoms with Gasteiger partial charge in [0.1, 0.15) is 5.75 Å². The number of nitrogens with two attached hydrogens (primary N) is 2. The van der Waals surface area contributed by atoms with E-state index in [1.54, 1.807) is 7.11 Å². The van der Waals surface area contributed by atoms with Gasteiger partial charge in [-0.15, -0.1) is 5.10 Å². The standard InChI is InChI=1S/C17H26N8O.C2H6/c1-11-16(12(2)21-20-11)25-8-6-24(7-9-25)14-10-13(17(18)22-23-19)4-5-15(14)26-3;1-2/h4-5,10,23H,6-9,19H2,1-3H3,(H2,18,22)(H,20,21);1-2H3. The number of piperazine rings is 1. The van der Waals surface area contributed by atoms with E-state index in [2.05, 4.69) is 37.6 Å². The van der Waals surface area contributed by atoms with Gasteiger partial charge >= 0.3 is 0 Å². The Balaban J connectivity index is 0.00000136. The fourth-order valence-corrected chi connectivity index (χ4v) is 3.41. The second-order valence-electron chi connectivity index (χ2n) is 6.27. The third kappa shape index (κ3) is 4.48. The number of anilines is 2. The highest BCUT2D eigenvalue weighted by Gasteiger charge is 2.23. The number of benzene rings is 1. The van der Waals surface area contributed by atoms with Gasteiger partial charge in [-0.05, 0) is 32.0 Å². The lowest BCUT2D eigenvalue weighted by Crippen LogP contribution is -2.47. The van der Waals surface area contributed by atoms with Crippen LogP contribution in [0.15, 0.2) is 23.3 Å². The van der Waals surface area contributed by atoms with Gasteiger partial charge in [0.05, 0.1) is 29.9 Å². The lowest BCUT2D eigenvalue weighted by Gasteiger charge is -2.38.